The third-order valence-electron chi connectivity index (χ3n) is 2.84. The molecule has 1 aromatic rings. The lowest BCUT2D eigenvalue weighted by molar-refractivity contribution is -0.134. The standard InChI is InChI=1S/C13H15NO2/c1-9(2)14-8-11-6-4-3-5-10(11)7-12(14)13(15)16/h3-7,9H,8H2,1-2H3,(H,15,16). The number of carboxylic acids is 1. The average molecular weight is 217 g/mol. The van der Waals surface area contributed by atoms with Gasteiger partial charge >= 0.3 is 5.97 Å². The third kappa shape index (κ3) is 1.81. The van der Waals surface area contributed by atoms with Crippen molar-refractivity contribution in [2.75, 3.05) is 0 Å². The van der Waals surface area contributed by atoms with Crippen LogP contribution in [-0.4, -0.2) is 22.0 Å². The monoisotopic (exact) mass is 217 g/mol. The molecule has 1 aliphatic rings. The molecule has 1 N–H and O–H groups in total. The summed E-state index contributed by atoms with van der Waals surface area (Å²) in [5.74, 6) is -0.858. The second kappa shape index (κ2) is 4.00. The quantitative estimate of drug-likeness (QED) is 0.826. The fourth-order valence-corrected chi connectivity index (χ4v) is 1.96. The van der Waals surface area contributed by atoms with Gasteiger partial charge in [-0.05, 0) is 31.1 Å². The number of benzene rings is 1. The van der Waals surface area contributed by atoms with Crippen LogP contribution in [0.2, 0.25) is 0 Å². The van der Waals surface area contributed by atoms with Gasteiger partial charge in [-0.3, -0.25) is 0 Å². The van der Waals surface area contributed by atoms with Gasteiger partial charge in [0.2, 0.25) is 0 Å². The number of hydrogen-bond acceptors (Lipinski definition) is 2. The van der Waals surface area contributed by atoms with Crippen LogP contribution in [0.25, 0.3) is 6.08 Å². The predicted molar refractivity (Wildman–Crippen MR) is 62.7 cm³/mol. The molecule has 1 aliphatic heterocycles. The molecule has 0 bridgehead atoms. The molecule has 84 valence electrons. The molecule has 0 saturated carbocycles. The van der Waals surface area contributed by atoms with Gasteiger partial charge in [0.05, 0.1) is 0 Å². The molecule has 0 spiro atoms. The highest BCUT2D eigenvalue weighted by Crippen LogP contribution is 2.26. The molecular weight excluding hydrogens is 202 g/mol. The molecule has 3 nitrogen and oxygen atoms in total. The van der Waals surface area contributed by atoms with Gasteiger partial charge in [0.15, 0.2) is 0 Å². The zero-order valence-corrected chi connectivity index (χ0v) is 9.47. The summed E-state index contributed by atoms with van der Waals surface area (Å²) in [6.07, 6.45) is 1.75. The highest BCUT2D eigenvalue weighted by atomic mass is 16.4. The largest absolute Gasteiger partial charge is 0.477 e. The molecule has 2 rings (SSSR count). The number of fused-ring (bicyclic) bond motifs is 1. The number of nitrogens with zero attached hydrogens (tertiary/aromatic N) is 1. The number of carboxylic acid groups (broad SMARTS) is 1. The molecule has 0 radical (unpaired) electrons. The van der Waals surface area contributed by atoms with E-state index in [1.165, 1.54) is 5.56 Å². The van der Waals surface area contributed by atoms with Crippen molar-refractivity contribution < 1.29 is 9.90 Å². The van der Waals surface area contributed by atoms with Crippen LogP contribution in [0.4, 0.5) is 0 Å². The molecule has 1 aromatic carbocycles. The molecule has 0 aliphatic carbocycles. The first-order chi connectivity index (χ1) is 7.59. The Bertz CT molecular complexity index is 449. The van der Waals surface area contributed by atoms with Crippen LogP contribution in [-0.2, 0) is 11.3 Å². The van der Waals surface area contributed by atoms with Gasteiger partial charge in [0, 0.05) is 12.6 Å². The number of carbonyl (C=O) groups is 1. The highest BCUT2D eigenvalue weighted by molar-refractivity contribution is 5.92. The molecule has 0 aromatic heterocycles. The SMILES string of the molecule is CC(C)N1Cc2ccccc2C=C1C(=O)O. The highest BCUT2D eigenvalue weighted by Gasteiger charge is 2.24. The van der Waals surface area contributed by atoms with Crippen molar-refractivity contribution in [3.05, 3.63) is 41.1 Å². The minimum absolute atomic E-state index is 0.190. The molecule has 16 heavy (non-hydrogen) atoms. The number of aliphatic carboxylic acids is 1. The zero-order valence-electron chi connectivity index (χ0n) is 9.47. The van der Waals surface area contributed by atoms with Crippen molar-refractivity contribution in [1.29, 1.82) is 0 Å². The Morgan fingerprint density at radius 1 is 1.38 bits per heavy atom. The van der Waals surface area contributed by atoms with E-state index in [4.69, 9.17) is 0 Å². The Kier molecular flexibility index (Phi) is 2.69. The van der Waals surface area contributed by atoms with E-state index < -0.39 is 5.97 Å². The van der Waals surface area contributed by atoms with Crippen molar-refractivity contribution in [1.82, 2.24) is 4.90 Å². The normalized spacial score (nSPS) is 14.7. The van der Waals surface area contributed by atoms with Crippen molar-refractivity contribution in [3.8, 4) is 0 Å². The Hall–Kier alpha value is -1.77. The maximum atomic E-state index is 11.2. The fourth-order valence-electron chi connectivity index (χ4n) is 1.96. The zero-order chi connectivity index (χ0) is 11.7. The summed E-state index contributed by atoms with van der Waals surface area (Å²) < 4.78 is 0. The minimum atomic E-state index is -0.858. The van der Waals surface area contributed by atoms with Crippen molar-refractivity contribution in [2.45, 2.75) is 26.4 Å². The maximum Gasteiger partial charge on any atom is 0.352 e. The molecule has 0 fully saturated rings. The Morgan fingerprint density at radius 3 is 2.69 bits per heavy atom. The van der Waals surface area contributed by atoms with Crippen molar-refractivity contribution >= 4 is 12.0 Å². The molecule has 3 heteroatoms. The predicted octanol–water partition coefficient (Wildman–Crippen LogP) is 2.34. The molecule has 0 atom stereocenters. The molecule has 0 unspecified atom stereocenters. The van der Waals surface area contributed by atoms with Crippen LogP contribution in [0.15, 0.2) is 30.0 Å². The van der Waals surface area contributed by atoms with Crippen LogP contribution in [0.1, 0.15) is 25.0 Å². The summed E-state index contributed by atoms with van der Waals surface area (Å²) in [4.78, 5) is 13.1. The summed E-state index contributed by atoms with van der Waals surface area (Å²) in [5, 5.41) is 9.17. The van der Waals surface area contributed by atoms with Gasteiger partial charge in [0.1, 0.15) is 5.70 Å². The van der Waals surface area contributed by atoms with Crippen LogP contribution in [0, 0.1) is 0 Å². The number of rotatable bonds is 2. The Morgan fingerprint density at radius 2 is 2.06 bits per heavy atom. The second-order valence-electron chi connectivity index (χ2n) is 4.26. The summed E-state index contributed by atoms with van der Waals surface area (Å²) in [6.45, 7) is 4.68. The smallest absolute Gasteiger partial charge is 0.352 e. The van der Waals surface area contributed by atoms with E-state index in [1.807, 2.05) is 43.0 Å². The summed E-state index contributed by atoms with van der Waals surface area (Å²) in [5.41, 5.74) is 2.58. The van der Waals surface area contributed by atoms with Gasteiger partial charge in [-0.1, -0.05) is 24.3 Å². The summed E-state index contributed by atoms with van der Waals surface area (Å²) in [7, 11) is 0. The lowest BCUT2D eigenvalue weighted by Gasteiger charge is -2.33. The Labute approximate surface area is 95.0 Å². The van der Waals surface area contributed by atoms with Gasteiger partial charge in [-0.15, -0.1) is 0 Å². The lowest BCUT2D eigenvalue weighted by atomic mass is 10.0. The molecule has 1 heterocycles. The van der Waals surface area contributed by atoms with E-state index in [0.717, 1.165) is 5.56 Å². The third-order valence-corrected chi connectivity index (χ3v) is 2.84. The average Bonchev–Trinajstić information content (AvgIpc) is 2.27. The van der Waals surface area contributed by atoms with Gasteiger partial charge in [0.25, 0.3) is 0 Å². The molecule has 0 saturated heterocycles. The first-order valence-electron chi connectivity index (χ1n) is 5.39. The summed E-state index contributed by atoms with van der Waals surface area (Å²) in [6, 6.07) is 8.10. The lowest BCUT2D eigenvalue weighted by Crippen LogP contribution is -2.35. The topological polar surface area (TPSA) is 40.5 Å². The van der Waals surface area contributed by atoms with Gasteiger partial charge < -0.3 is 10.0 Å². The Balaban J connectivity index is 2.47. The van der Waals surface area contributed by atoms with Crippen LogP contribution >= 0.6 is 0 Å². The summed E-state index contributed by atoms with van der Waals surface area (Å²) >= 11 is 0. The van der Waals surface area contributed by atoms with E-state index in [9.17, 15) is 9.90 Å². The van der Waals surface area contributed by atoms with Crippen molar-refractivity contribution in [3.63, 3.8) is 0 Å². The minimum Gasteiger partial charge on any atom is -0.477 e. The van der Waals surface area contributed by atoms with E-state index in [0.29, 0.717) is 12.2 Å². The molecule has 0 amide bonds. The van der Waals surface area contributed by atoms with Crippen LogP contribution in [0.5, 0.6) is 0 Å². The maximum absolute atomic E-state index is 11.2. The fraction of sp³-hybridized carbons (Fsp3) is 0.308. The van der Waals surface area contributed by atoms with Crippen LogP contribution < -0.4 is 0 Å². The van der Waals surface area contributed by atoms with E-state index in [-0.39, 0.29) is 6.04 Å². The van der Waals surface area contributed by atoms with E-state index in [1.54, 1.807) is 6.08 Å². The second-order valence-corrected chi connectivity index (χ2v) is 4.26. The first kappa shape index (κ1) is 10.7. The van der Waals surface area contributed by atoms with Crippen molar-refractivity contribution in [2.24, 2.45) is 0 Å². The first-order valence-corrected chi connectivity index (χ1v) is 5.39. The van der Waals surface area contributed by atoms with Crippen LogP contribution in [0.3, 0.4) is 0 Å². The van der Waals surface area contributed by atoms with E-state index in [2.05, 4.69) is 0 Å². The van der Waals surface area contributed by atoms with Gasteiger partial charge in [-0.2, -0.15) is 0 Å². The van der Waals surface area contributed by atoms with Gasteiger partial charge in [-0.25, -0.2) is 4.79 Å². The van der Waals surface area contributed by atoms with E-state index >= 15 is 0 Å². The molecular formula is C13H15NO2. The number of hydrogen-bond donors (Lipinski definition) is 1.